The van der Waals surface area contributed by atoms with E-state index in [1.54, 1.807) is 0 Å². The summed E-state index contributed by atoms with van der Waals surface area (Å²) in [4.78, 5) is 12.4. The van der Waals surface area contributed by atoms with Gasteiger partial charge in [-0.3, -0.25) is 4.79 Å². The van der Waals surface area contributed by atoms with Crippen molar-refractivity contribution in [3.8, 4) is 0 Å². The number of carbonyl (C=O) groups is 1. The van der Waals surface area contributed by atoms with Crippen molar-refractivity contribution in [1.29, 1.82) is 0 Å². The molecule has 0 unspecified atom stereocenters. The number of benzene rings is 2. The van der Waals surface area contributed by atoms with Crippen LogP contribution in [0.4, 0.5) is 0 Å². The first-order valence-corrected chi connectivity index (χ1v) is 8.37. The van der Waals surface area contributed by atoms with Gasteiger partial charge in [0.25, 0.3) is 0 Å². The maximum atomic E-state index is 12.4. The Morgan fingerprint density at radius 2 is 1.61 bits per heavy atom. The van der Waals surface area contributed by atoms with Crippen LogP contribution in [-0.2, 0) is 23.2 Å². The summed E-state index contributed by atoms with van der Waals surface area (Å²) in [7, 11) is 0. The summed E-state index contributed by atoms with van der Waals surface area (Å²) in [6, 6.07) is 18.8. The van der Waals surface area contributed by atoms with Crippen molar-refractivity contribution in [2.75, 3.05) is 13.1 Å². The molecule has 3 rings (SSSR count). The molecule has 0 aromatic heterocycles. The first kappa shape index (κ1) is 15.8. The van der Waals surface area contributed by atoms with Crippen molar-refractivity contribution in [2.45, 2.75) is 31.7 Å². The van der Waals surface area contributed by atoms with Crippen LogP contribution in [0.5, 0.6) is 0 Å². The Kier molecular flexibility index (Phi) is 4.77. The predicted molar refractivity (Wildman–Crippen MR) is 93.3 cm³/mol. The van der Waals surface area contributed by atoms with Crippen molar-refractivity contribution in [3.05, 3.63) is 71.3 Å². The van der Waals surface area contributed by atoms with Crippen molar-refractivity contribution in [2.24, 2.45) is 0 Å². The van der Waals surface area contributed by atoms with Crippen molar-refractivity contribution < 1.29 is 4.79 Å². The Balaban J connectivity index is 1.83. The van der Waals surface area contributed by atoms with Gasteiger partial charge in [-0.1, -0.05) is 61.5 Å². The molecule has 3 heteroatoms. The Morgan fingerprint density at radius 3 is 2.22 bits per heavy atom. The van der Waals surface area contributed by atoms with Gasteiger partial charge in [0, 0.05) is 12.8 Å². The number of carbonyl (C=O) groups excluding carboxylic acids is 1. The molecule has 120 valence electrons. The van der Waals surface area contributed by atoms with E-state index in [2.05, 4.69) is 54.0 Å². The highest BCUT2D eigenvalue weighted by Gasteiger charge is 2.39. The van der Waals surface area contributed by atoms with Crippen LogP contribution in [0.15, 0.2) is 54.6 Å². The third kappa shape index (κ3) is 3.45. The number of hydrogen-bond acceptors (Lipinski definition) is 2. The fraction of sp³-hybridized carbons (Fsp3) is 0.350. The third-order valence-electron chi connectivity index (χ3n) is 4.52. The van der Waals surface area contributed by atoms with E-state index in [-0.39, 0.29) is 11.4 Å². The standard InChI is InChI=1S/C20H24N2O/c1-2-12-21-15-19(23)22-20(18-10-4-3-5-11-18)13-16-8-6-7-9-17(16)14-20/h3-11,21H,2,12-15H2,1H3,(H,22,23). The lowest BCUT2D eigenvalue weighted by Crippen LogP contribution is -2.49. The van der Waals surface area contributed by atoms with Crippen LogP contribution in [0.25, 0.3) is 0 Å². The highest BCUT2D eigenvalue weighted by atomic mass is 16.2. The second-order valence-corrected chi connectivity index (χ2v) is 6.30. The molecule has 0 radical (unpaired) electrons. The summed E-state index contributed by atoms with van der Waals surface area (Å²) in [6.07, 6.45) is 2.74. The van der Waals surface area contributed by atoms with E-state index in [1.165, 1.54) is 16.7 Å². The Hall–Kier alpha value is -2.13. The lowest BCUT2D eigenvalue weighted by Gasteiger charge is -2.31. The monoisotopic (exact) mass is 308 g/mol. The van der Waals surface area contributed by atoms with Crippen LogP contribution in [0.1, 0.15) is 30.0 Å². The summed E-state index contributed by atoms with van der Waals surface area (Å²) in [5.41, 5.74) is 3.52. The fourth-order valence-electron chi connectivity index (χ4n) is 3.43. The smallest absolute Gasteiger partial charge is 0.234 e. The Bertz CT molecular complexity index is 641. The molecule has 0 saturated heterocycles. The maximum absolute atomic E-state index is 12.4. The van der Waals surface area contributed by atoms with Gasteiger partial charge >= 0.3 is 0 Å². The molecule has 3 nitrogen and oxygen atoms in total. The molecule has 0 fully saturated rings. The minimum atomic E-state index is -0.323. The molecule has 0 heterocycles. The molecule has 0 bridgehead atoms. The van der Waals surface area contributed by atoms with Crippen molar-refractivity contribution >= 4 is 5.91 Å². The molecule has 0 atom stereocenters. The molecule has 2 aromatic rings. The molecule has 2 aromatic carbocycles. The van der Waals surface area contributed by atoms with E-state index in [4.69, 9.17) is 0 Å². The van der Waals surface area contributed by atoms with E-state index in [0.717, 1.165) is 25.8 Å². The Labute approximate surface area is 138 Å². The molecular formula is C20H24N2O. The van der Waals surface area contributed by atoms with Gasteiger partial charge in [-0.2, -0.15) is 0 Å². The lowest BCUT2D eigenvalue weighted by molar-refractivity contribution is -0.122. The van der Waals surface area contributed by atoms with Crippen LogP contribution in [0, 0.1) is 0 Å². The van der Waals surface area contributed by atoms with E-state index >= 15 is 0 Å². The summed E-state index contributed by atoms with van der Waals surface area (Å²) < 4.78 is 0. The average Bonchev–Trinajstić information content (AvgIpc) is 2.95. The fourth-order valence-corrected chi connectivity index (χ4v) is 3.43. The molecule has 23 heavy (non-hydrogen) atoms. The van der Waals surface area contributed by atoms with Crippen LogP contribution in [-0.4, -0.2) is 19.0 Å². The van der Waals surface area contributed by atoms with E-state index in [1.807, 2.05) is 18.2 Å². The number of amides is 1. The topological polar surface area (TPSA) is 41.1 Å². The van der Waals surface area contributed by atoms with Gasteiger partial charge in [0.05, 0.1) is 12.1 Å². The van der Waals surface area contributed by atoms with E-state index in [0.29, 0.717) is 6.54 Å². The lowest BCUT2D eigenvalue weighted by atomic mass is 9.86. The summed E-state index contributed by atoms with van der Waals surface area (Å²) in [6.45, 7) is 3.34. The average molecular weight is 308 g/mol. The number of fused-ring (bicyclic) bond motifs is 1. The number of hydrogen-bond donors (Lipinski definition) is 2. The van der Waals surface area contributed by atoms with Crippen LogP contribution < -0.4 is 10.6 Å². The van der Waals surface area contributed by atoms with Gasteiger partial charge in [-0.25, -0.2) is 0 Å². The van der Waals surface area contributed by atoms with Gasteiger partial charge in [0.15, 0.2) is 0 Å². The molecule has 0 aliphatic heterocycles. The zero-order valence-corrected chi connectivity index (χ0v) is 13.6. The van der Waals surface area contributed by atoms with Crippen LogP contribution >= 0.6 is 0 Å². The summed E-state index contributed by atoms with van der Waals surface area (Å²) in [5, 5.41) is 6.50. The van der Waals surface area contributed by atoms with Gasteiger partial charge in [0.1, 0.15) is 0 Å². The third-order valence-corrected chi connectivity index (χ3v) is 4.52. The highest BCUT2D eigenvalue weighted by molar-refractivity contribution is 5.79. The minimum absolute atomic E-state index is 0.0649. The Morgan fingerprint density at radius 1 is 1.00 bits per heavy atom. The van der Waals surface area contributed by atoms with Crippen molar-refractivity contribution in [3.63, 3.8) is 0 Å². The van der Waals surface area contributed by atoms with Crippen molar-refractivity contribution in [1.82, 2.24) is 10.6 Å². The normalized spacial score (nSPS) is 15.2. The summed E-state index contributed by atoms with van der Waals surface area (Å²) >= 11 is 0. The molecule has 1 amide bonds. The second kappa shape index (κ2) is 6.97. The van der Waals surface area contributed by atoms with Gasteiger partial charge < -0.3 is 10.6 Å². The molecule has 1 aliphatic carbocycles. The molecular weight excluding hydrogens is 284 g/mol. The van der Waals surface area contributed by atoms with E-state index < -0.39 is 0 Å². The minimum Gasteiger partial charge on any atom is -0.345 e. The van der Waals surface area contributed by atoms with Gasteiger partial charge in [-0.05, 0) is 29.7 Å². The zero-order chi connectivity index (χ0) is 16.1. The number of rotatable bonds is 6. The zero-order valence-electron chi connectivity index (χ0n) is 13.6. The maximum Gasteiger partial charge on any atom is 0.234 e. The largest absolute Gasteiger partial charge is 0.345 e. The first-order chi connectivity index (χ1) is 11.2. The molecule has 0 saturated carbocycles. The van der Waals surface area contributed by atoms with Crippen LogP contribution in [0.2, 0.25) is 0 Å². The molecule has 1 aliphatic rings. The SMILES string of the molecule is CCCNCC(=O)NC1(c2ccccc2)Cc2ccccc2C1. The summed E-state index contributed by atoms with van der Waals surface area (Å²) in [5.74, 6) is 0.0649. The quantitative estimate of drug-likeness (QED) is 0.806. The predicted octanol–water partition coefficient (Wildman–Crippen LogP) is 2.80. The van der Waals surface area contributed by atoms with E-state index in [9.17, 15) is 4.79 Å². The number of nitrogens with one attached hydrogen (secondary N) is 2. The van der Waals surface area contributed by atoms with Gasteiger partial charge in [0.2, 0.25) is 5.91 Å². The second-order valence-electron chi connectivity index (χ2n) is 6.30. The first-order valence-electron chi connectivity index (χ1n) is 8.37. The van der Waals surface area contributed by atoms with Gasteiger partial charge in [-0.15, -0.1) is 0 Å². The highest BCUT2D eigenvalue weighted by Crippen LogP contribution is 2.37. The molecule has 2 N–H and O–H groups in total. The van der Waals surface area contributed by atoms with Crippen LogP contribution in [0.3, 0.4) is 0 Å². The molecule has 0 spiro atoms.